The number of benzene rings is 1. The van der Waals surface area contributed by atoms with E-state index in [1.807, 2.05) is 18.2 Å². The lowest BCUT2D eigenvalue weighted by Gasteiger charge is -2.06. The molecule has 1 aliphatic rings. The highest BCUT2D eigenvalue weighted by molar-refractivity contribution is 7.99. The van der Waals surface area contributed by atoms with Crippen LogP contribution in [-0.2, 0) is 11.3 Å². The number of hydrogen-bond donors (Lipinski definition) is 2. The molecule has 10 heteroatoms. The van der Waals surface area contributed by atoms with E-state index in [-0.39, 0.29) is 24.4 Å². The third-order valence-corrected chi connectivity index (χ3v) is 5.36. The second-order valence-electron chi connectivity index (χ2n) is 6.60. The Kier molecular flexibility index (Phi) is 6.68. The van der Waals surface area contributed by atoms with E-state index in [1.165, 1.54) is 18.0 Å². The molecule has 0 unspecified atom stereocenters. The van der Waals surface area contributed by atoms with E-state index in [1.54, 1.807) is 24.3 Å². The highest BCUT2D eigenvalue weighted by Crippen LogP contribution is 2.32. The monoisotopic (exact) mass is 440 g/mol. The lowest BCUT2D eigenvalue weighted by molar-refractivity contribution is -0.121. The summed E-state index contributed by atoms with van der Waals surface area (Å²) in [5.74, 6) is 2.31. The molecule has 1 aliphatic heterocycles. The molecule has 2 amide bonds. The number of nitrogens with one attached hydrogen (secondary N) is 2. The third kappa shape index (κ3) is 5.76. The van der Waals surface area contributed by atoms with E-state index in [9.17, 15) is 9.59 Å². The molecule has 0 fully saturated rings. The zero-order chi connectivity index (χ0) is 21.5. The molecule has 0 radical (unpaired) electrons. The maximum absolute atomic E-state index is 12.1. The minimum Gasteiger partial charge on any atom is -0.459 e. The molecule has 2 N–H and O–H groups in total. The fraction of sp³-hybridized carbons (Fsp3) is 0.238. The van der Waals surface area contributed by atoms with Crippen LogP contribution in [0.15, 0.2) is 58.2 Å². The number of amides is 2. The van der Waals surface area contributed by atoms with Gasteiger partial charge in [0, 0.05) is 18.7 Å². The zero-order valence-electron chi connectivity index (χ0n) is 16.5. The quantitative estimate of drug-likeness (QED) is 0.385. The van der Waals surface area contributed by atoms with Crippen molar-refractivity contribution < 1.29 is 23.5 Å². The predicted molar refractivity (Wildman–Crippen MR) is 113 cm³/mol. The van der Waals surface area contributed by atoms with Crippen molar-refractivity contribution in [2.24, 2.45) is 0 Å². The summed E-state index contributed by atoms with van der Waals surface area (Å²) in [5.41, 5.74) is 0.960. The van der Waals surface area contributed by atoms with Crippen LogP contribution in [0.25, 0.3) is 0 Å². The van der Waals surface area contributed by atoms with Gasteiger partial charge in [-0.2, -0.15) is 0 Å². The fourth-order valence-electron chi connectivity index (χ4n) is 2.80. The molecule has 0 bridgehead atoms. The number of hydrogen-bond acceptors (Lipinski definition) is 8. The molecule has 1 aromatic carbocycles. The molecule has 3 aromatic rings. The van der Waals surface area contributed by atoms with Gasteiger partial charge in [0.15, 0.2) is 23.1 Å². The van der Waals surface area contributed by atoms with E-state index in [2.05, 4.69) is 20.8 Å². The van der Waals surface area contributed by atoms with Gasteiger partial charge in [-0.15, -0.1) is 22.0 Å². The summed E-state index contributed by atoms with van der Waals surface area (Å²) in [5, 5.41) is 14.3. The van der Waals surface area contributed by atoms with Gasteiger partial charge in [-0.1, -0.05) is 6.07 Å². The highest BCUT2D eigenvalue weighted by Gasteiger charge is 2.13. The summed E-state index contributed by atoms with van der Waals surface area (Å²) in [6, 6.07) is 12.3. The van der Waals surface area contributed by atoms with Crippen LogP contribution in [0.3, 0.4) is 0 Å². The predicted octanol–water partition coefficient (Wildman–Crippen LogP) is 3.24. The molecular weight excluding hydrogens is 420 g/mol. The summed E-state index contributed by atoms with van der Waals surface area (Å²) in [6.07, 6.45) is 2.55. The van der Waals surface area contributed by atoms with Gasteiger partial charge in [0.2, 0.25) is 12.7 Å². The molecule has 4 rings (SSSR count). The van der Waals surface area contributed by atoms with Crippen molar-refractivity contribution in [2.45, 2.75) is 24.4 Å². The van der Waals surface area contributed by atoms with Gasteiger partial charge in [0.05, 0.1) is 6.26 Å². The molecule has 0 atom stereocenters. The van der Waals surface area contributed by atoms with Gasteiger partial charge in [0.1, 0.15) is 5.03 Å². The lowest BCUT2D eigenvalue weighted by Crippen LogP contribution is -2.22. The van der Waals surface area contributed by atoms with Gasteiger partial charge in [-0.25, -0.2) is 0 Å². The van der Waals surface area contributed by atoms with Crippen LogP contribution < -0.4 is 20.1 Å². The van der Waals surface area contributed by atoms with Crippen LogP contribution >= 0.6 is 11.8 Å². The van der Waals surface area contributed by atoms with E-state index in [0.29, 0.717) is 31.0 Å². The van der Waals surface area contributed by atoms with Crippen LogP contribution in [0.5, 0.6) is 11.5 Å². The topological polar surface area (TPSA) is 116 Å². The molecule has 3 heterocycles. The lowest BCUT2D eigenvalue weighted by atomic mass is 10.2. The van der Waals surface area contributed by atoms with E-state index in [4.69, 9.17) is 13.9 Å². The number of aromatic nitrogens is 2. The molecule has 0 saturated carbocycles. The SMILES string of the molecule is O=C(CCCSc1ccc(NC(=O)c2ccco2)nn1)NCc1ccc2c(c1)OCO2. The van der Waals surface area contributed by atoms with Crippen LogP contribution in [-0.4, -0.2) is 34.6 Å². The van der Waals surface area contributed by atoms with Gasteiger partial charge in [-0.3, -0.25) is 9.59 Å². The van der Waals surface area contributed by atoms with E-state index < -0.39 is 0 Å². The normalized spacial score (nSPS) is 11.9. The van der Waals surface area contributed by atoms with Crippen LogP contribution in [0.4, 0.5) is 5.82 Å². The van der Waals surface area contributed by atoms with Crippen LogP contribution in [0.2, 0.25) is 0 Å². The Bertz CT molecular complexity index is 1040. The van der Waals surface area contributed by atoms with Crippen molar-refractivity contribution in [1.82, 2.24) is 15.5 Å². The van der Waals surface area contributed by atoms with Crippen LogP contribution in [0, 0.1) is 0 Å². The number of ether oxygens (including phenoxy) is 2. The van der Waals surface area contributed by atoms with Crippen molar-refractivity contribution >= 4 is 29.4 Å². The Morgan fingerprint density at radius 1 is 1.06 bits per heavy atom. The van der Waals surface area contributed by atoms with E-state index in [0.717, 1.165) is 22.1 Å². The van der Waals surface area contributed by atoms with Gasteiger partial charge >= 0.3 is 0 Å². The van der Waals surface area contributed by atoms with Crippen molar-refractivity contribution in [3.8, 4) is 11.5 Å². The summed E-state index contributed by atoms with van der Waals surface area (Å²) in [6.45, 7) is 0.675. The Balaban J connectivity index is 1.13. The molecule has 31 heavy (non-hydrogen) atoms. The first-order valence-electron chi connectivity index (χ1n) is 9.64. The van der Waals surface area contributed by atoms with Crippen molar-refractivity contribution in [3.63, 3.8) is 0 Å². The number of rotatable bonds is 9. The summed E-state index contributed by atoms with van der Waals surface area (Å²) < 4.78 is 15.6. The maximum atomic E-state index is 12.1. The van der Waals surface area contributed by atoms with Crippen molar-refractivity contribution in [2.75, 3.05) is 17.9 Å². The van der Waals surface area contributed by atoms with Gasteiger partial charge in [-0.05, 0) is 48.4 Å². The van der Waals surface area contributed by atoms with Crippen molar-refractivity contribution in [1.29, 1.82) is 0 Å². The number of nitrogens with zero attached hydrogens (tertiary/aromatic N) is 2. The summed E-state index contributed by atoms with van der Waals surface area (Å²) in [7, 11) is 0. The fourth-order valence-corrected chi connectivity index (χ4v) is 3.56. The number of fused-ring (bicyclic) bond motifs is 1. The minimum atomic E-state index is -0.383. The number of carbonyl (C=O) groups is 2. The Hall–Kier alpha value is -3.53. The second kappa shape index (κ2) is 9.98. The van der Waals surface area contributed by atoms with Gasteiger partial charge in [0.25, 0.3) is 5.91 Å². The Labute approximate surface area is 182 Å². The molecular formula is C21H20N4O5S. The number of thioether (sulfide) groups is 1. The largest absolute Gasteiger partial charge is 0.459 e. The van der Waals surface area contributed by atoms with Gasteiger partial charge < -0.3 is 24.5 Å². The highest BCUT2D eigenvalue weighted by atomic mass is 32.2. The molecule has 0 spiro atoms. The second-order valence-corrected chi connectivity index (χ2v) is 7.72. The molecule has 0 saturated heterocycles. The van der Waals surface area contributed by atoms with E-state index >= 15 is 0 Å². The first kappa shape index (κ1) is 20.7. The van der Waals surface area contributed by atoms with Crippen molar-refractivity contribution in [3.05, 3.63) is 60.1 Å². The molecule has 2 aromatic heterocycles. The Morgan fingerprint density at radius 2 is 1.97 bits per heavy atom. The summed E-state index contributed by atoms with van der Waals surface area (Å²) >= 11 is 1.50. The first-order chi connectivity index (χ1) is 15.2. The Morgan fingerprint density at radius 3 is 2.77 bits per heavy atom. The molecule has 0 aliphatic carbocycles. The number of furan rings is 1. The third-order valence-electron chi connectivity index (χ3n) is 4.35. The average Bonchev–Trinajstić information content (AvgIpc) is 3.48. The zero-order valence-corrected chi connectivity index (χ0v) is 17.3. The number of anilines is 1. The first-order valence-corrected chi connectivity index (χ1v) is 10.6. The maximum Gasteiger partial charge on any atom is 0.292 e. The molecule has 9 nitrogen and oxygen atoms in total. The average molecular weight is 440 g/mol. The molecule has 160 valence electrons. The van der Waals surface area contributed by atoms with Crippen LogP contribution in [0.1, 0.15) is 29.0 Å². The summed E-state index contributed by atoms with van der Waals surface area (Å²) in [4.78, 5) is 24.0. The minimum absolute atomic E-state index is 0.0136. The number of carbonyl (C=O) groups excluding carboxylic acids is 2. The standard InChI is InChI=1S/C21H20N4O5S/c26-19(22-12-14-5-6-15-17(11-14)30-13-29-15)4-2-10-31-20-8-7-18(24-25-20)23-21(27)16-3-1-9-28-16/h1,3,5-9,11H,2,4,10,12-13H2,(H,22,26)(H,23,24,27). The smallest absolute Gasteiger partial charge is 0.292 e.